The van der Waals surface area contributed by atoms with Gasteiger partial charge in [0, 0.05) is 6.42 Å². The highest BCUT2D eigenvalue weighted by Crippen LogP contribution is 1.98. The van der Waals surface area contributed by atoms with E-state index >= 15 is 0 Å². The lowest BCUT2D eigenvalue weighted by atomic mass is 10.2. The highest BCUT2D eigenvalue weighted by Gasteiger charge is 1.79. The van der Waals surface area contributed by atoms with Crippen LogP contribution in [0.15, 0.2) is 11.6 Å². The first-order chi connectivity index (χ1) is 4.27. The van der Waals surface area contributed by atoms with E-state index in [0.717, 1.165) is 19.3 Å². The minimum absolute atomic E-state index is 0.907. The monoisotopic (exact) mass is 122 g/mol. The lowest BCUT2D eigenvalue weighted by Gasteiger charge is -1.88. The molecule has 0 aliphatic rings. The molecule has 0 nitrogen and oxygen atoms in total. The summed E-state index contributed by atoms with van der Waals surface area (Å²) in [4.78, 5) is 0. The second-order valence-corrected chi connectivity index (χ2v) is 2.38. The standard InChI is InChI=1S/C9H14/c1-4-5-6-7-8-9(2)3/h1,8H,5-7H2,2-3H3. The maximum absolute atomic E-state index is 5.07. The summed E-state index contributed by atoms with van der Waals surface area (Å²) in [5.41, 5.74) is 1.38. The average molecular weight is 122 g/mol. The zero-order chi connectivity index (χ0) is 7.11. The lowest BCUT2D eigenvalue weighted by Crippen LogP contribution is -1.70. The minimum Gasteiger partial charge on any atom is -0.120 e. The molecule has 0 spiro atoms. The summed E-state index contributed by atoms with van der Waals surface area (Å²) in [5.74, 6) is 2.61. The molecule has 0 amide bonds. The van der Waals surface area contributed by atoms with Crippen LogP contribution in [0.2, 0.25) is 0 Å². The lowest BCUT2D eigenvalue weighted by molar-refractivity contribution is 0.879. The Hall–Kier alpha value is -0.700. The van der Waals surface area contributed by atoms with Crippen molar-refractivity contribution in [1.29, 1.82) is 0 Å². The van der Waals surface area contributed by atoms with Gasteiger partial charge in [0.25, 0.3) is 0 Å². The van der Waals surface area contributed by atoms with Gasteiger partial charge in [0.15, 0.2) is 0 Å². The van der Waals surface area contributed by atoms with Gasteiger partial charge in [-0.1, -0.05) is 11.6 Å². The molecule has 0 atom stereocenters. The Labute approximate surface area is 58.0 Å². The van der Waals surface area contributed by atoms with Crippen LogP contribution in [-0.4, -0.2) is 0 Å². The predicted octanol–water partition coefficient (Wildman–Crippen LogP) is 2.76. The van der Waals surface area contributed by atoms with Crippen LogP contribution >= 0.6 is 0 Å². The van der Waals surface area contributed by atoms with Crippen molar-refractivity contribution < 1.29 is 0 Å². The number of rotatable bonds is 3. The van der Waals surface area contributed by atoms with E-state index in [-0.39, 0.29) is 0 Å². The molecule has 0 heterocycles. The normalized spacial score (nSPS) is 8.11. The van der Waals surface area contributed by atoms with Gasteiger partial charge < -0.3 is 0 Å². The molecule has 50 valence electrons. The van der Waals surface area contributed by atoms with E-state index in [0.29, 0.717) is 0 Å². The molecule has 0 aliphatic carbocycles. The molecule has 0 radical (unpaired) electrons. The molecule has 0 aromatic rings. The van der Waals surface area contributed by atoms with Crippen molar-refractivity contribution in [3.63, 3.8) is 0 Å². The molecule has 0 N–H and O–H groups in total. The molecule has 9 heavy (non-hydrogen) atoms. The van der Waals surface area contributed by atoms with Crippen LogP contribution < -0.4 is 0 Å². The number of hydrogen-bond acceptors (Lipinski definition) is 0. The Morgan fingerprint density at radius 2 is 2.22 bits per heavy atom. The van der Waals surface area contributed by atoms with Crippen molar-refractivity contribution in [1.82, 2.24) is 0 Å². The van der Waals surface area contributed by atoms with E-state index in [4.69, 9.17) is 6.42 Å². The van der Waals surface area contributed by atoms with Crippen LogP contribution in [0.4, 0.5) is 0 Å². The average Bonchev–Trinajstić information content (AvgIpc) is 1.80. The largest absolute Gasteiger partial charge is 0.120 e. The van der Waals surface area contributed by atoms with Gasteiger partial charge in [-0.3, -0.25) is 0 Å². The molecule has 0 bridgehead atoms. The molecular formula is C9H14. The summed E-state index contributed by atoms with van der Waals surface area (Å²) in [6.07, 6.45) is 10.5. The van der Waals surface area contributed by atoms with E-state index in [1.165, 1.54) is 5.57 Å². The molecule has 0 aromatic carbocycles. The van der Waals surface area contributed by atoms with Crippen LogP contribution in [0, 0.1) is 12.3 Å². The van der Waals surface area contributed by atoms with Gasteiger partial charge in [0.2, 0.25) is 0 Å². The fourth-order valence-corrected chi connectivity index (χ4v) is 0.595. The van der Waals surface area contributed by atoms with Gasteiger partial charge in [-0.2, -0.15) is 0 Å². The summed E-state index contributed by atoms with van der Waals surface area (Å²) in [5, 5.41) is 0. The third-order valence-electron chi connectivity index (χ3n) is 1.08. The van der Waals surface area contributed by atoms with Crippen molar-refractivity contribution in [3.05, 3.63) is 11.6 Å². The van der Waals surface area contributed by atoms with Gasteiger partial charge in [0.1, 0.15) is 0 Å². The molecule has 0 rings (SSSR count). The van der Waals surface area contributed by atoms with E-state index in [2.05, 4.69) is 25.8 Å². The number of allylic oxidation sites excluding steroid dienone is 2. The molecule has 0 unspecified atom stereocenters. The second kappa shape index (κ2) is 5.44. The fraction of sp³-hybridized carbons (Fsp3) is 0.556. The van der Waals surface area contributed by atoms with E-state index in [1.54, 1.807) is 0 Å². The van der Waals surface area contributed by atoms with Gasteiger partial charge in [-0.25, -0.2) is 0 Å². The summed E-state index contributed by atoms with van der Waals surface area (Å²) in [6.45, 7) is 4.21. The third kappa shape index (κ3) is 7.30. The van der Waals surface area contributed by atoms with Crippen molar-refractivity contribution in [2.75, 3.05) is 0 Å². The zero-order valence-corrected chi connectivity index (χ0v) is 6.28. The first-order valence-electron chi connectivity index (χ1n) is 3.34. The maximum Gasteiger partial charge on any atom is 0.00890 e. The van der Waals surface area contributed by atoms with E-state index in [9.17, 15) is 0 Å². The first kappa shape index (κ1) is 8.30. The highest BCUT2D eigenvalue weighted by atomic mass is 13.9. The van der Waals surface area contributed by atoms with Crippen LogP contribution in [0.1, 0.15) is 33.1 Å². The van der Waals surface area contributed by atoms with Gasteiger partial charge >= 0.3 is 0 Å². The molecule has 0 aromatic heterocycles. The van der Waals surface area contributed by atoms with Crippen molar-refractivity contribution in [2.24, 2.45) is 0 Å². The summed E-state index contributed by atoms with van der Waals surface area (Å²) < 4.78 is 0. The quantitative estimate of drug-likeness (QED) is 0.307. The third-order valence-corrected chi connectivity index (χ3v) is 1.08. The summed E-state index contributed by atoms with van der Waals surface area (Å²) in [6, 6.07) is 0. The fourth-order valence-electron chi connectivity index (χ4n) is 0.595. The number of hydrogen-bond donors (Lipinski definition) is 0. The van der Waals surface area contributed by atoms with Crippen molar-refractivity contribution in [2.45, 2.75) is 33.1 Å². The summed E-state index contributed by atoms with van der Waals surface area (Å²) >= 11 is 0. The second-order valence-electron chi connectivity index (χ2n) is 2.38. The number of unbranched alkanes of at least 4 members (excludes halogenated alkanes) is 2. The first-order valence-corrected chi connectivity index (χ1v) is 3.34. The highest BCUT2D eigenvalue weighted by molar-refractivity contribution is 4.93. The topological polar surface area (TPSA) is 0 Å². The zero-order valence-electron chi connectivity index (χ0n) is 6.28. The Balaban J connectivity index is 3.12. The molecule has 0 aliphatic heterocycles. The predicted molar refractivity (Wildman–Crippen MR) is 42.1 cm³/mol. The number of terminal acetylenes is 1. The van der Waals surface area contributed by atoms with Crippen molar-refractivity contribution >= 4 is 0 Å². The van der Waals surface area contributed by atoms with Crippen molar-refractivity contribution in [3.8, 4) is 12.3 Å². The molecule has 0 heteroatoms. The molecular weight excluding hydrogens is 108 g/mol. The SMILES string of the molecule is C#CCCCC=C(C)C. The van der Waals surface area contributed by atoms with Gasteiger partial charge in [-0.05, 0) is 26.7 Å². The van der Waals surface area contributed by atoms with Crippen LogP contribution in [0.25, 0.3) is 0 Å². The van der Waals surface area contributed by atoms with Crippen LogP contribution in [0.5, 0.6) is 0 Å². The van der Waals surface area contributed by atoms with Crippen LogP contribution in [-0.2, 0) is 0 Å². The molecule has 0 saturated carbocycles. The van der Waals surface area contributed by atoms with E-state index in [1.807, 2.05) is 0 Å². The van der Waals surface area contributed by atoms with E-state index < -0.39 is 0 Å². The Morgan fingerprint density at radius 1 is 1.56 bits per heavy atom. The van der Waals surface area contributed by atoms with Gasteiger partial charge in [-0.15, -0.1) is 12.3 Å². The Morgan fingerprint density at radius 3 is 2.67 bits per heavy atom. The molecule has 0 saturated heterocycles. The Kier molecular flexibility index (Phi) is 5.01. The summed E-state index contributed by atoms with van der Waals surface area (Å²) in [7, 11) is 0. The smallest absolute Gasteiger partial charge is 0.00890 e. The Bertz CT molecular complexity index is 119. The minimum atomic E-state index is 0.907. The van der Waals surface area contributed by atoms with Gasteiger partial charge in [0.05, 0.1) is 0 Å². The maximum atomic E-state index is 5.07. The molecule has 0 fully saturated rings. The van der Waals surface area contributed by atoms with Crippen LogP contribution in [0.3, 0.4) is 0 Å².